The van der Waals surface area contributed by atoms with Gasteiger partial charge >= 0.3 is 0 Å². The lowest BCUT2D eigenvalue weighted by molar-refractivity contribution is -0.0193. The number of rotatable bonds is 6. The molecule has 154 valence electrons. The number of nitrogens with zero attached hydrogens (tertiary/aromatic N) is 2. The van der Waals surface area contributed by atoms with E-state index < -0.39 is 0 Å². The van der Waals surface area contributed by atoms with Gasteiger partial charge in [-0.2, -0.15) is 0 Å². The fraction of sp³-hybridized carbons (Fsp3) is 0.875. The van der Waals surface area contributed by atoms with Crippen molar-refractivity contribution in [2.24, 2.45) is 22.7 Å². The third kappa shape index (κ3) is 3.53. The van der Waals surface area contributed by atoms with Gasteiger partial charge < -0.3 is 9.88 Å². The summed E-state index contributed by atoms with van der Waals surface area (Å²) in [7, 11) is 0. The van der Waals surface area contributed by atoms with Gasteiger partial charge in [0.25, 0.3) is 0 Å². The van der Waals surface area contributed by atoms with Crippen molar-refractivity contribution in [1.82, 2.24) is 9.88 Å². The van der Waals surface area contributed by atoms with Gasteiger partial charge in [0.2, 0.25) is 0 Å². The van der Waals surface area contributed by atoms with E-state index in [2.05, 4.69) is 15.3 Å². The summed E-state index contributed by atoms with van der Waals surface area (Å²) in [4.78, 5) is 6.56. The highest BCUT2D eigenvalue weighted by molar-refractivity contribution is 7.07. The van der Waals surface area contributed by atoms with Crippen LogP contribution in [-0.2, 0) is 6.42 Å². The first-order chi connectivity index (χ1) is 13.8. The van der Waals surface area contributed by atoms with Crippen LogP contribution in [0.3, 0.4) is 0 Å². The van der Waals surface area contributed by atoms with Crippen LogP contribution in [-0.4, -0.2) is 22.7 Å². The van der Waals surface area contributed by atoms with Crippen LogP contribution in [0.2, 0.25) is 0 Å². The van der Waals surface area contributed by atoms with Gasteiger partial charge in [-0.25, -0.2) is 0 Å². The molecule has 0 amide bonds. The van der Waals surface area contributed by atoms with Gasteiger partial charge in [0.05, 0.1) is 6.04 Å². The Morgan fingerprint density at radius 2 is 1.64 bits per heavy atom. The minimum absolute atomic E-state index is 0.504. The van der Waals surface area contributed by atoms with E-state index in [0.717, 1.165) is 23.8 Å². The first-order valence-corrected chi connectivity index (χ1v) is 13.1. The Morgan fingerprint density at radius 3 is 2.29 bits per heavy atom. The molecule has 0 aromatic carbocycles. The van der Waals surface area contributed by atoms with Crippen molar-refractivity contribution in [2.75, 3.05) is 6.54 Å². The molecule has 1 heterocycles. The Morgan fingerprint density at radius 1 is 0.964 bits per heavy atom. The summed E-state index contributed by atoms with van der Waals surface area (Å²) < 4.78 is 2.64. The highest BCUT2D eigenvalue weighted by atomic mass is 32.1. The highest BCUT2D eigenvalue weighted by Gasteiger charge is 2.50. The summed E-state index contributed by atoms with van der Waals surface area (Å²) in [5, 5.41) is 6.55. The average molecular weight is 400 g/mol. The molecule has 7 rings (SSSR count). The lowest BCUT2D eigenvalue weighted by atomic mass is 9.53. The lowest BCUT2D eigenvalue weighted by Gasteiger charge is -2.57. The zero-order valence-corrected chi connectivity index (χ0v) is 18.2. The standard InChI is InChI=1S/C24H37N3S/c1-2-4-20(5-3-1)26-23-27(21-6-7-21)22(16-28-23)8-9-25-24-13-17-10-18(14-24)12-19(11-17)15-24/h16-21,25H,1-15H2. The van der Waals surface area contributed by atoms with Gasteiger partial charge in [-0.3, -0.25) is 4.99 Å². The second-order valence-corrected chi connectivity index (χ2v) is 11.7. The minimum atomic E-state index is 0.504. The predicted octanol–water partition coefficient (Wildman–Crippen LogP) is 5.22. The molecule has 6 aliphatic carbocycles. The van der Waals surface area contributed by atoms with Crippen LogP contribution in [0.1, 0.15) is 95.2 Å². The number of nitrogens with one attached hydrogen (secondary N) is 1. The number of aromatic nitrogens is 1. The minimum Gasteiger partial charge on any atom is -0.318 e. The van der Waals surface area contributed by atoms with Gasteiger partial charge in [-0.05, 0) is 82.0 Å². The monoisotopic (exact) mass is 399 g/mol. The van der Waals surface area contributed by atoms with Crippen LogP contribution in [0.25, 0.3) is 0 Å². The Bertz CT molecular complexity index is 730. The predicted molar refractivity (Wildman–Crippen MR) is 116 cm³/mol. The maximum absolute atomic E-state index is 5.22. The van der Waals surface area contributed by atoms with Crippen molar-refractivity contribution in [3.8, 4) is 0 Å². The SMILES string of the molecule is c1sc(=NC2CCCCC2)n(C2CC2)c1CCNC12CC3CC(CC(C3)C1)C2. The number of hydrogen-bond donors (Lipinski definition) is 1. The van der Waals surface area contributed by atoms with Gasteiger partial charge in [0, 0.05) is 35.6 Å². The molecule has 0 saturated heterocycles. The second-order valence-electron chi connectivity index (χ2n) is 10.9. The van der Waals surface area contributed by atoms with E-state index in [1.54, 1.807) is 5.69 Å². The summed E-state index contributed by atoms with van der Waals surface area (Å²) >= 11 is 1.92. The summed E-state index contributed by atoms with van der Waals surface area (Å²) in [6.07, 6.45) is 19.7. The molecule has 6 saturated carbocycles. The van der Waals surface area contributed by atoms with Gasteiger partial charge in [0.15, 0.2) is 4.80 Å². The second kappa shape index (κ2) is 7.27. The number of hydrogen-bond acceptors (Lipinski definition) is 3. The van der Waals surface area contributed by atoms with Gasteiger partial charge in [-0.1, -0.05) is 19.3 Å². The van der Waals surface area contributed by atoms with Crippen LogP contribution in [0, 0.1) is 17.8 Å². The lowest BCUT2D eigenvalue weighted by Crippen LogP contribution is -2.58. The van der Waals surface area contributed by atoms with E-state index in [0.29, 0.717) is 11.6 Å². The van der Waals surface area contributed by atoms with Crippen LogP contribution in [0.5, 0.6) is 0 Å². The maximum atomic E-state index is 5.22. The Kier molecular flexibility index (Phi) is 4.72. The maximum Gasteiger partial charge on any atom is 0.185 e. The van der Waals surface area contributed by atoms with E-state index in [9.17, 15) is 0 Å². The molecule has 0 atom stereocenters. The smallest absolute Gasteiger partial charge is 0.185 e. The third-order valence-electron chi connectivity index (χ3n) is 8.51. The van der Waals surface area contributed by atoms with E-state index in [1.165, 1.54) is 101 Å². The molecule has 1 aromatic heterocycles. The molecule has 0 unspecified atom stereocenters. The fourth-order valence-corrected chi connectivity index (χ4v) is 8.56. The summed E-state index contributed by atoms with van der Waals surface area (Å²) in [5.41, 5.74) is 2.06. The molecule has 1 N–H and O–H groups in total. The molecule has 4 bridgehead atoms. The van der Waals surface area contributed by atoms with E-state index in [-0.39, 0.29) is 0 Å². The Balaban J connectivity index is 1.15. The molecular weight excluding hydrogens is 362 g/mol. The van der Waals surface area contributed by atoms with Crippen molar-refractivity contribution in [2.45, 2.75) is 108 Å². The summed E-state index contributed by atoms with van der Waals surface area (Å²) in [5.74, 6) is 3.12. The van der Waals surface area contributed by atoms with E-state index in [1.807, 2.05) is 11.3 Å². The summed E-state index contributed by atoms with van der Waals surface area (Å²) in [6, 6.07) is 1.35. The molecule has 1 aromatic rings. The quantitative estimate of drug-likeness (QED) is 0.698. The van der Waals surface area contributed by atoms with Crippen molar-refractivity contribution >= 4 is 11.3 Å². The Labute approximate surface area is 174 Å². The van der Waals surface area contributed by atoms with Crippen molar-refractivity contribution in [1.29, 1.82) is 0 Å². The molecule has 0 aliphatic heterocycles. The zero-order valence-electron chi connectivity index (χ0n) is 17.4. The van der Waals surface area contributed by atoms with Crippen LogP contribution >= 0.6 is 11.3 Å². The van der Waals surface area contributed by atoms with Gasteiger partial charge in [-0.15, -0.1) is 11.3 Å². The van der Waals surface area contributed by atoms with Crippen LogP contribution in [0.4, 0.5) is 0 Å². The van der Waals surface area contributed by atoms with Crippen LogP contribution < -0.4 is 10.1 Å². The normalized spacial score (nSPS) is 38.4. The zero-order chi connectivity index (χ0) is 18.6. The molecule has 4 heteroatoms. The molecule has 0 radical (unpaired) electrons. The molecule has 3 nitrogen and oxygen atoms in total. The van der Waals surface area contributed by atoms with Crippen molar-refractivity contribution in [3.63, 3.8) is 0 Å². The van der Waals surface area contributed by atoms with Crippen LogP contribution in [0.15, 0.2) is 10.4 Å². The molecule has 28 heavy (non-hydrogen) atoms. The largest absolute Gasteiger partial charge is 0.318 e. The highest BCUT2D eigenvalue weighted by Crippen LogP contribution is 2.55. The fourth-order valence-electron chi connectivity index (χ4n) is 7.50. The molecular formula is C24H37N3S. The first-order valence-electron chi connectivity index (χ1n) is 12.2. The third-order valence-corrected chi connectivity index (χ3v) is 9.42. The Hall–Kier alpha value is -0.610. The molecule has 6 fully saturated rings. The van der Waals surface area contributed by atoms with E-state index >= 15 is 0 Å². The number of thiazole rings is 1. The first kappa shape index (κ1) is 18.2. The average Bonchev–Trinajstić information content (AvgIpc) is 3.43. The summed E-state index contributed by atoms with van der Waals surface area (Å²) in [6.45, 7) is 1.17. The topological polar surface area (TPSA) is 29.3 Å². The molecule has 0 spiro atoms. The van der Waals surface area contributed by atoms with Gasteiger partial charge in [0.1, 0.15) is 0 Å². The van der Waals surface area contributed by atoms with Crippen molar-refractivity contribution in [3.05, 3.63) is 15.9 Å². The molecule has 6 aliphatic rings. The van der Waals surface area contributed by atoms with Crippen molar-refractivity contribution < 1.29 is 0 Å². The van der Waals surface area contributed by atoms with E-state index in [4.69, 9.17) is 4.99 Å².